The molecule has 10 heteroatoms. The zero-order chi connectivity index (χ0) is 30.3. The molecule has 0 bridgehead atoms. The van der Waals surface area contributed by atoms with Crippen molar-refractivity contribution in [2.45, 2.75) is 64.2 Å². The lowest BCUT2D eigenvalue weighted by Crippen LogP contribution is -2.21. The standard InChI is InChI=1S/C33H42N4O6/c1-41-31-24-25(16-18-30(31)42-22-23-43-37(39)40)17-19-32(38)34-20-10-4-2-3-5-11-21-35-33-26-12-6-8-14-28(26)36-29-15-9-7-13-27(29)33/h6,8,12,14,16-19,24H,2-5,7,9-11,13,15,20-23H2,1H3,(H,34,38)(H,35,36)/b19-17+. The van der Waals surface area contributed by atoms with Crippen molar-refractivity contribution in [3.8, 4) is 11.5 Å². The SMILES string of the molecule is COc1cc(/C=C/C(=O)NCCCCCCCCNc2c3c(nc4ccccc24)CCCC3)ccc1OCCO[N+](=O)[O-]. The minimum atomic E-state index is -0.865. The van der Waals surface area contributed by atoms with Crippen LogP contribution in [0.1, 0.15) is 68.2 Å². The predicted octanol–water partition coefficient (Wildman–Crippen LogP) is 6.29. The molecule has 0 spiro atoms. The van der Waals surface area contributed by atoms with E-state index in [1.54, 1.807) is 24.3 Å². The van der Waals surface area contributed by atoms with E-state index in [0.717, 1.165) is 56.1 Å². The van der Waals surface area contributed by atoms with Gasteiger partial charge >= 0.3 is 0 Å². The molecule has 0 fully saturated rings. The number of pyridine rings is 1. The summed E-state index contributed by atoms with van der Waals surface area (Å²) in [6.45, 7) is 1.45. The van der Waals surface area contributed by atoms with E-state index in [1.807, 2.05) is 0 Å². The van der Waals surface area contributed by atoms with Crippen molar-refractivity contribution in [2.24, 2.45) is 0 Å². The number of anilines is 1. The van der Waals surface area contributed by atoms with Crippen LogP contribution in [0.5, 0.6) is 11.5 Å². The maximum atomic E-state index is 12.2. The first-order chi connectivity index (χ1) is 21.0. The Hall–Kier alpha value is -4.34. The number of para-hydroxylation sites is 1. The molecule has 0 aliphatic heterocycles. The molecule has 1 heterocycles. The van der Waals surface area contributed by atoms with Gasteiger partial charge in [-0.15, -0.1) is 10.1 Å². The van der Waals surface area contributed by atoms with Crippen molar-refractivity contribution in [3.63, 3.8) is 0 Å². The smallest absolute Gasteiger partial charge is 0.294 e. The molecule has 43 heavy (non-hydrogen) atoms. The van der Waals surface area contributed by atoms with Crippen LogP contribution in [0, 0.1) is 10.1 Å². The maximum absolute atomic E-state index is 12.2. The van der Waals surface area contributed by atoms with Crippen LogP contribution in [0.4, 0.5) is 5.69 Å². The Balaban J connectivity index is 1.08. The molecule has 230 valence electrons. The van der Waals surface area contributed by atoms with Gasteiger partial charge in [0.1, 0.15) is 13.2 Å². The number of unbranched alkanes of at least 4 members (excludes halogenated alkanes) is 5. The highest BCUT2D eigenvalue weighted by Gasteiger charge is 2.17. The van der Waals surface area contributed by atoms with Crippen molar-refractivity contribution >= 4 is 28.6 Å². The number of hydrogen-bond donors (Lipinski definition) is 2. The van der Waals surface area contributed by atoms with Crippen LogP contribution in [0.2, 0.25) is 0 Å². The first-order valence-electron chi connectivity index (χ1n) is 15.2. The van der Waals surface area contributed by atoms with E-state index < -0.39 is 5.09 Å². The van der Waals surface area contributed by atoms with E-state index in [4.69, 9.17) is 14.5 Å². The van der Waals surface area contributed by atoms with Gasteiger partial charge < -0.3 is 24.9 Å². The van der Waals surface area contributed by atoms with E-state index in [0.29, 0.717) is 18.0 Å². The van der Waals surface area contributed by atoms with E-state index >= 15 is 0 Å². The summed E-state index contributed by atoms with van der Waals surface area (Å²) in [5.74, 6) is 0.755. The van der Waals surface area contributed by atoms with Gasteiger partial charge in [-0.1, -0.05) is 49.9 Å². The second kappa shape index (κ2) is 16.9. The minimum absolute atomic E-state index is 0.0115. The Morgan fingerprint density at radius 3 is 2.56 bits per heavy atom. The highest BCUT2D eigenvalue weighted by Crippen LogP contribution is 2.33. The van der Waals surface area contributed by atoms with Gasteiger partial charge in [-0.05, 0) is 73.9 Å². The molecule has 1 aliphatic rings. The third kappa shape index (κ3) is 9.87. The number of carbonyl (C=O) groups is 1. The van der Waals surface area contributed by atoms with Gasteiger partial charge in [0.05, 0.1) is 12.6 Å². The zero-order valence-corrected chi connectivity index (χ0v) is 24.9. The van der Waals surface area contributed by atoms with Crippen LogP contribution < -0.4 is 20.1 Å². The number of carbonyl (C=O) groups excluding carboxylic acids is 1. The Morgan fingerprint density at radius 2 is 1.74 bits per heavy atom. The first-order valence-corrected chi connectivity index (χ1v) is 15.2. The van der Waals surface area contributed by atoms with Gasteiger partial charge in [-0.2, -0.15) is 0 Å². The van der Waals surface area contributed by atoms with Gasteiger partial charge in [0.15, 0.2) is 11.5 Å². The number of benzene rings is 2. The van der Waals surface area contributed by atoms with Crippen LogP contribution in [0.3, 0.4) is 0 Å². The third-order valence-corrected chi connectivity index (χ3v) is 7.53. The fraction of sp³-hybridized carbons (Fsp3) is 0.455. The van der Waals surface area contributed by atoms with Gasteiger partial charge in [0.25, 0.3) is 5.09 Å². The molecule has 0 radical (unpaired) electrons. The van der Waals surface area contributed by atoms with Gasteiger partial charge in [0, 0.05) is 35.9 Å². The summed E-state index contributed by atoms with van der Waals surface area (Å²) in [5, 5.41) is 17.3. The Kier molecular flexibility index (Phi) is 12.4. The number of rotatable bonds is 18. The summed E-state index contributed by atoms with van der Waals surface area (Å²) >= 11 is 0. The van der Waals surface area contributed by atoms with Crippen LogP contribution >= 0.6 is 0 Å². The van der Waals surface area contributed by atoms with E-state index in [2.05, 4.69) is 39.7 Å². The number of nitrogens with zero attached hydrogens (tertiary/aromatic N) is 2. The average Bonchev–Trinajstić information content (AvgIpc) is 3.02. The maximum Gasteiger partial charge on any atom is 0.294 e. The molecule has 1 aliphatic carbocycles. The number of hydrogen-bond acceptors (Lipinski definition) is 8. The summed E-state index contributed by atoms with van der Waals surface area (Å²) in [4.78, 5) is 31.6. The number of methoxy groups -OCH3 is 1. The van der Waals surface area contributed by atoms with Crippen LogP contribution in [0.15, 0.2) is 48.5 Å². The third-order valence-electron chi connectivity index (χ3n) is 7.53. The molecule has 0 saturated heterocycles. The summed E-state index contributed by atoms with van der Waals surface area (Å²) in [6, 6.07) is 13.7. The normalized spacial score (nSPS) is 12.6. The fourth-order valence-electron chi connectivity index (χ4n) is 5.36. The number of aromatic nitrogens is 1. The van der Waals surface area contributed by atoms with Crippen molar-refractivity contribution in [1.29, 1.82) is 0 Å². The largest absolute Gasteiger partial charge is 0.493 e. The molecular weight excluding hydrogens is 548 g/mol. The Morgan fingerprint density at radius 1 is 0.977 bits per heavy atom. The molecule has 1 amide bonds. The van der Waals surface area contributed by atoms with Gasteiger partial charge in [0.2, 0.25) is 5.91 Å². The quantitative estimate of drug-likeness (QED) is 0.0766. The summed E-state index contributed by atoms with van der Waals surface area (Å²) < 4.78 is 10.8. The summed E-state index contributed by atoms with van der Waals surface area (Å²) in [5.41, 5.74) is 5.86. The fourth-order valence-corrected chi connectivity index (χ4v) is 5.36. The van der Waals surface area contributed by atoms with E-state index in [9.17, 15) is 14.9 Å². The van der Waals surface area contributed by atoms with Crippen molar-refractivity contribution in [2.75, 3.05) is 38.7 Å². The van der Waals surface area contributed by atoms with E-state index in [-0.39, 0.29) is 19.1 Å². The van der Waals surface area contributed by atoms with Crippen LogP contribution in [-0.4, -0.2) is 49.4 Å². The molecule has 0 unspecified atom stereocenters. The second-order valence-corrected chi connectivity index (χ2v) is 10.6. The number of ether oxygens (including phenoxy) is 2. The number of fused-ring (bicyclic) bond motifs is 2. The highest BCUT2D eigenvalue weighted by molar-refractivity contribution is 5.93. The number of nitrogens with one attached hydrogen (secondary N) is 2. The Bertz CT molecular complexity index is 1390. The molecule has 2 N–H and O–H groups in total. The topological polar surface area (TPSA) is 125 Å². The molecule has 0 atom stereocenters. The lowest BCUT2D eigenvalue weighted by Gasteiger charge is -2.21. The molecule has 1 aromatic heterocycles. The lowest BCUT2D eigenvalue weighted by molar-refractivity contribution is -0.757. The van der Waals surface area contributed by atoms with Crippen molar-refractivity contribution < 1.29 is 24.2 Å². The molecule has 3 aromatic rings. The monoisotopic (exact) mass is 590 g/mol. The molecule has 4 rings (SSSR count). The van der Waals surface area contributed by atoms with Crippen molar-refractivity contribution in [3.05, 3.63) is 75.5 Å². The van der Waals surface area contributed by atoms with Crippen molar-refractivity contribution in [1.82, 2.24) is 10.3 Å². The highest BCUT2D eigenvalue weighted by atomic mass is 17.0. The molecular formula is C33H42N4O6. The molecule has 10 nitrogen and oxygen atoms in total. The predicted molar refractivity (Wildman–Crippen MR) is 168 cm³/mol. The first kappa shape index (κ1) is 31.6. The second-order valence-electron chi connectivity index (χ2n) is 10.6. The van der Waals surface area contributed by atoms with Gasteiger partial charge in [-0.25, -0.2) is 0 Å². The molecule has 0 saturated carbocycles. The number of amides is 1. The minimum Gasteiger partial charge on any atom is -0.493 e. The average molecular weight is 591 g/mol. The summed E-state index contributed by atoms with van der Waals surface area (Å²) in [6.07, 6.45) is 14.6. The number of aryl methyl sites for hydroxylation is 1. The zero-order valence-electron chi connectivity index (χ0n) is 24.9. The molecule has 2 aromatic carbocycles. The summed E-state index contributed by atoms with van der Waals surface area (Å²) in [7, 11) is 1.50. The van der Waals surface area contributed by atoms with E-state index in [1.165, 1.54) is 61.2 Å². The lowest BCUT2D eigenvalue weighted by atomic mass is 9.92. The van der Waals surface area contributed by atoms with Crippen LogP contribution in [-0.2, 0) is 22.5 Å². The Labute approximate surface area is 252 Å². The van der Waals surface area contributed by atoms with Crippen LogP contribution in [0.25, 0.3) is 17.0 Å². The van der Waals surface area contributed by atoms with Gasteiger partial charge in [-0.3, -0.25) is 9.78 Å².